The average molecular weight is 351 g/mol. The lowest BCUT2D eigenvalue weighted by Crippen LogP contribution is -2.24. The van der Waals surface area contributed by atoms with Crippen LogP contribution in [0.1, 0.15) is 22.8 Å². The lowest BCUT2D eigenvalue weighted by molar-refractivity contribution is -0.386. The summed E-state index contributed by atoms with van der Waals surface area (Å²) < 4.78 is 33.9. The minimum absolute atomic E-state index is 0.0193. The molecule has 0 aliphatic rings. The Kier molecular flexibility index (Phi) is 5.63. The molecule has 8 heteroatoms. The fourth-order valence-corrected chi connectivity index (χ4v) is 2.15. The Labute approximate surface area is 142 Å². The zero-order valence-electron chi connectivity index (χ0n) is 13.4. The molecule has 0 aliphatic heterocycles. The number of rotatable bonds is 7. The van der Waals surface area contributed by atoms with Crippen LogP contribution in [0.5, 0.6) is 11.5 Å². The van der Waals surface area contributed by atoms with E-state index in [0.717, 1.165) is 0 Å². The van der Waals surface area contributed by atoms with Crippen LogP contribution in [-0.4, -0.2) is 23.4 Å². The Morgan fingerprint density at radius 2 is 1.76 bits per heavy atom. The molecule has 0 heterocycles. The van der Waals surface area contributed by atoms with Crippen molar-refractivity contribution in [3.8, 4) is 11.5 Å². The van der Waals surface area contributed by atoms with Gasteiger partial charge in [-0.2, -0.15) is 8.78 Å². The molecule has 2 aromatic rings. The zero-order chi connectivity index (χ0) is 18.6. The number of nitro groups is 1. The van der Waals surface area contributed by atoms with Crippen molar-refractivity contribution in [1.82, 2.24) is 0 Å². The van der Waals surface area contributed by atoms with Gasteiger partial charge >= 0.3 is 12.3 Å². The minimum Gasteiger partial charge on any atom is -0.475 e. The highest BCUT2D eigenvalue weighted by atomic mass is 19.3. The van der Waals surface area contributed by atoms with Crippen LogP contribution in [0.4, 0.5) is 14.5 Å². The van der Waals surface area contributed by atoms with Gasteiger partial charge in [-0.1, -0.05) is 6.07 Å². The van der Waals surface area contributed by atoms with E-state index in [-0.39, 0.29) is 22.7 Å². The highest BCUT2D eigenvalue weighted by Crippen LogP contribution is 2.29. The molecule has 0 unspecified atom stereocenters. The van der Waals surface area contributed by atoms with Crippen LogP contribution in [0.25, 0.3) is 0 Å². The predicted octanol–water partition coefficient (Wildman–Crippen LogP) is 4.15. The molecule has 0 aromatic heterocycles. The summed E-state index contributed by atoms with van der Waals surface area (Å²) in [5, 5.41) is 11.1. The van der Waals surface area contributed by atoms with Gasteiger partial charge in [0.15, 0.2) is 11.9 Å². The number of ether oxygens (including phenoxy) is 2. The summed E-state index contributed by atoms with van der Waals surface area (Å²) in [6.45, 7) is 0.204. The van der Waals surface area contributed by atoms with Crippen molar-refractivity contribution in [3.63, 3.8) is 0 Å². The summed E-state index contributed by atoms with van der Waals surface area (Å²) >= 11 is 0. The van der Waals surface area contributed by atoms with Crippen molar-refractivity contribution in [2.24, 2.45) is 0 Å². The lowest BCUT2D eigenvalue weighted by atomic mass is 10.1. The maximum Gasteiger partial charge on any atom is 0.387 e. The molecule has 2 rings (SSSR count). The third kappa shape index (κ3) is 4.72. The number of nitro benzene ring substituents is 1. The van der Waals surface area contributed by atoms with Crippen LogP contribution >= 0.6 is 0 Å². The van der Waals surface area contributed by atoms with Gasteiger partial charge in [-0.25, -0.2) is 0 Å². The van der Waals surface area contributed by atoms with Crippen molar-refractivity contribution in [3.05, 3.63) is 63.7 Å². The Bertz CT molecular complexity index is 777. The highest BCUT2D eigenvalue weighted by Gasteiger charge is 2.22. The van der Waals surface area contributed by atoms with Crippen molar-refractivity contribution < 1.29 is 28.0 Å². The van der Waals surface area contributed by atoms with Crippen LogP contribution in [0.3, 0.4) is 0 Å². The summed E-state index contributed by atoms with van der Waals surface area (Å²) in [7, 11) is 0. The van der Waals surface area contributed by atoms with E-state index in [2.05, 4.69) is 4.74 Å². The van der Waals surface area contributed by atoms with Crippen LogP contribution in [-0.2, 0) is 0 Å². The van der Waals surface area contributed by atoms with Gasteiger partial charge in [-0.15, -0.1) is 0 Å². The first-order valence-electron chi connectivity index (χ1n) is 7.28. The lowest BCUT2D eigenvalue weighted by Gasteiger charge is -2.14. The molecule has 0 amide bonds. The molecule has 25 heavy (non-hydrogen) atoms. The normalized spacial score (nSPS) is 11.9. The number of aryl methyl sites for hydroxylation is 1. The quantitative estimate of drug-likeness (QED) is 0.425. The van der Waals surface area contributed by atoms with E-state index in [1.807, 2.05) is 0 Å². The fraction of sp³-hybridized carbons (Fsp3) is 0.235. The predicted molar refractivity (Wildman–Crippen MR) is 85.3 cm³/mol. The van der Waals surface area contributed by atoms with E-state index in [1.165, 1.54) is 43.3 Å². The monoisotopic (exact) mass is 351 g/mol. The van der Waals surface area contributed by atoms with Crippen LogP contribution in [0.2, 0.25) is 0 Å². The van der Waals surface area contributed by atoms with Gasteiger partial charge in [0.25, 0.3) is 0 Å². The van der Waals surface area contributed by atoms with E-state index in [9.17, 15) is 23.7 Å². The first kappa shape index (κ1) is 18.3. The summed E-state index contributed by atoms with van der Waals surface area (Å²) in [4.78, 5) is 22.8. The first-order valence-corrected chi connectivity index (χ1v) is 7.28. The Balaban J connectivity index is 2.14. The number of carbonyl (C=O) groups is 1. The fourth-order valence-electron chi connectivity index (χ4n) is 2.15. The smallest absolute Gasteiger partial charge is 0.387 e. The van der Waals surface area contributed by atoms with Gasteiger partial charge in [-0.05, 0) is 49.7 Å². The van der Waals surface area contributed by atoms with Crippen molar-refractivity contribution >= 4 is 11.5 Å². The maximum atomic E-state index is 12.3. The molecular formula is C17H15F2NO5. The summed E-state index contributed by atoms with van der Waals surface area (Å²) in [6.07, 6.45) is -0.997. The molecular weight excluding hydrogens is 336 g/mol. The number of halogens is 2. The Morgan fingerprint density at radius 1 is 1.12 bits per heavy atom. The summed E-state index contributed by atoms with van der Waals surface area (Å²) in [5.41, 5.74) is 0.664. The SMILES string of the molecule is Cc1ccc(O[C@H](C)C(=O)c2ccc(OC(F)F)cc2)c([N+](=O)[O-])c1. The molecule has 0 spiro atoms. The molecule has 0 bridgehead atoms. The van der Waals surface area contributed by atoms with Gasteiger partial charge in [0.2, 0.25) is 5.78 Å². The molecule has 0 saturated carbocycles. The average Bonchev–Trinajstić information content (AvgIpc) is 2.55. The van der Waals surface area contributed by atoms with Crippen molar-refractivity contribution in [2.45, 2.75) is 26.6 Å². The van der Waals surface area contributed by atoms with Gasteiger partial charge in [0.05, 0.1) is 4.92 Å². The molecule has 0 saturated heterocycles. The number of benzene rings is 2. The van der Waals surface area contributed by atoms with E-state index < -0.39 is 23.4 Å². The molecule has 0 radical (unpaired) electrons. The summed E-state index contributed by atoms with van der Waals surface area (Å²) in [5.74, 6) is -0.540. The second-order valence-corrected chi connectivity index (χ2v) is 5.26. The number of ketones is 1. The number of alkyl halides is 2. The molecule has 0 N–H and O–H groups in total. The number of carbonyl (C=O) groups excluding carboxylic acids is 1. The molecule has 132 valence electrons. The van der Waals surface area contributed by atoms with Gasteiger partial charge in [0, 0.05) is 11.6 Å². The van der Waals surface area contributed by atoms with E-state index in [4.69, 9.17) is 4.74 Å². The molecule has 1 atom stereocenters. The van der Waals surface area contributed by atoms with Gasteiger partial charge < -0.3 is 9.47 Å². The van der Waals surface area contributed by atoms with Crippen LogP contribution in [0.15, 0.2) is 42.5 Å². The Morgan fingerprint density at radius 3 is 2.32 bits per heavy atom. The zero-order valence-corrected chi connectivity index (χ0v) is 13.4. The van der Waals surface area contributed by atoms with Crippen LogP contribution in [0, 0.1) is 17.0 Å². The van der Waals surface area contributed by atoms with Crippen LogP contribution < -0.4 is 9.47 Å². The highest BCUT2D eigenvalue weighted by molar-refractivity contribution is 5.99. The minimum atomic E-state index is -2.95. The van der Waals surface area contributed by atoms with E-state index in [0.29, 0.717) is 5.56 Å². The van der Waals surface area contributed by atoms with Crippen molar-refractivity contribution in [2.75, 3.05) is 0 Å². The Hall–Kier alpha value is -3.03. The van der Waals surface area contributed by atoms with E-state index in [1.54, 1.807) is 13.0 Å². The molecule has 0 fully saturated rings. The number of Topliss-reactive ketones (excluding diaryl/α,β-unsaturated/α-hetero) is 1. The van der Waals surface area contributed by atoms with E-state index >= 15 is 0 Å². The standard InChI is InChI=1S/C17H15F2NO5/c1-10-3-8-15(14(9-10)20(22)23)24-11(2)16(21)12-4-6-13(7-5-12)25-17(18)19/h3-9,11,17H,1-2H3/t11-/m1/s1. The van der Waals surface area contributed by atoms with Gasteiger partial charge in [-0.3, -0.25) is 14.9 Å². The first-order chi connectivity index (χ1) is 11.8. The third-order valence-electron chi connectivity index (χ3n) is 3.35. The molecule has 2 aromatic carbocycles. The maximum absolute atomic E-state index is 12.3. The number of nitrogens with zero attached hydrogens (tertiary/aromatic N) is 1. The second-order valence-electron chi connectivity index (χ2n) is 5.26. The largest absolute Gasteiger partial charge is 0.475 e. The summed E-state index contributed by atoms with van der Waals surface area (Å²) in [6, 6.07) is 9.53. The number of hydrogen-bond acceptors (Lipinski definition) is 5. The molecule has 6 nitrogen and oxygen atoms in total. The third-order valence-corrected chi connectivity index (χ3v) is 3.35. The molecule has 0 aliphatic carbocycles. The number of hydrogen-bond donors (Lipinski definition) is 0. The second kappa shape index (κ2) is 7.69. The van der Waals surface area contributed by atoms with Gasteiger partial charge in [0.1, 0.15) is 5.75 Å². The van der Waals surface area contributed by atoms with Crippen molar-refractivity contribution in [1.29, 1.82) is 0 Å². The topological polar surface area (TPSA) is 78.7 Å².